The Morgan fingerprint density at radius 3 is 2.33 bits per heavy atom. The predicted octanol–water partition coefficient (Wildman–Crippen LogP) is 4.68. The largest absolute Gasteiger partial charge is 0.121 e. The number of rotatable bonds is 2. The molecule has 0 aliphatic carbocycles. The molecule has 0 bridgehead atoms. The highest BCUT2D eigenvalue weighted by atomic mass is 14.1. The van der Waals surface area contributed by atoms with Gasteiger partial charge in [-0.15, -0.1) is 5.73 Å². The molecule has 80 valence electrons. The van der Waals surface area contributed by atoms with Crippen molar-refractivity contribution in [1.29, 1.82) is 0 Å². The minimum absolute atomic E-state index is 0.351. The fourth-order valence-electron chi connectivity index (χ4n) is 1.28. The molecule has 0 heteroatoms. The van der Waals surface area contributed by atoms with E-state index in [9.17, 15) is 0 Å². The summed E-state index contributed by atoms with van der Waals surface area (Å²) in [4.78, 5) is 0. The SMILES string of the molecule is CC(=C=CCC(C)(C)C)c1ccccc1. The van der Waals surface area contributed by atoms with Crippen LogP contribution in [0.3, 0.4) is 0 Å². The fourth-order valence-corrected chi connectivity index (χ4v) is 1.28. The maximum atomic E-state index is 3.35. The van der Waals surface area contributed by atoms with E-state index in [1.54, 1.807) is 0 Å². The van der Waals surface area contributed by atoms with Crippen LogP contribution in [0.1, 0.15) is 39.7 Å². The van der Waals surface area contributed by atoms with Gasteiger partial charge in [-0.1, -0.05) is 51.1 Å². The van der Waals surface area contributed by atoms with E-state index in [0.717, 1.165) is 6.42 Å². The summed E-state index contributed by atoms with van der Waals surface area (Å²) in [5, 5.41) is 0. The third kappa shape index (κ3) is 4.67. The van der Waals surface area contributed by atoms with E-state index in [1.807, 2.05) is 6.07 Å². The average Bonchev–Trinajstić information content (AvgIpc) is 2.17. The highest BCUT2D eigenvalue weighted by Gasteiger charge is 2.06. The average molecular weight is 200 g/mol. The number of allylic oxidation sites excluding steroid dienone is 1. The van der Waals surface area contributed by atoms with Crippen molar-refractivity contribution >= 4 is 5.57 Å². The summed E-state index contributed by atoms with van der Waals surface area (Å²) in [6.45, 7) is 8.82. The van der Waals surface area contributed by atoms with Crippen molar-refractivity contribution in [2.45, 2.75) is 34.1 Å². The molecular formula is C15H20. The predicted molar refractivity (Wildman–Crippen MR) is 67.7 cm³/mol. The minimum Gasteiger partial charge on any atom is -0.121 e. The molecule has 0 aromatic heterocycles. The van der Waals surface area contributed by atoms with Gasteiger partial charge in [-0.05, 0) is 36.0 Å². The molecule has 0 unspecified atom stereocenters. The van der Waals surface area contributed by atoms with E-state index in [2.05, 4.69) is 63.8 Å². The van der Waals surface area contributed by atoms with Crippen molar-refractivity contribution in [3.05, 3.63) is 47.7 Å². The summed E-state index contributed by atoms with van der Waals surface area (Å²) in [6.07, 6.45) is 3.21. The summed E-state index contributed by atoms with van der Waals surface area (Å²) in [5.74, 6) is 0. The molecule has 15 heavy (non-hydrogen) atoms. The van der Waals surface area contributed by atoms with Crippen molar-refractivity contribution < 1.29 is 0 Å². The van der Waals surface area contributed by atoms with Crippen molar-refractivity contribution in [3.8, 4) is 0 Å². The van der Waals surface area contributed by atoms with Gasteiger partial charge < -0.3 is 0 Å². The zero-order chi connectivity index (χ0) is 11.3. The summed E-state index contributed by atoms with van der Waals surface area (Å²) in [5.41, 5.74) is 6.16. The van der Waals surface area contributed by atoms with Gasteiger partial charge in [-0.3, -0.25) is 0 Å². The number of benzene rings is 1. The maximum absolute atomic E-state index is 3.35. The van der Waals surface area contributed by atoms with E-state index in [1.165, 1.54) is 11.1 Å². The topological polar surface area (TPSA) is 0 Å². The first kappa shape index (κ1) is 11.8. The van der Waals surface area contributed by atoms with Gasteiger partial charge in [0.1, 0.15) is 0 Å². The van der Waals surface area contributed by atoms with Crippen molar-refractivity contribution in [3.63, 3.8) is 0 Å². The Balaban J connectivity index is 2.77. The standard InChI is InChI=1S/C15H20/c1-13(9-8-12-15(2,3)4)14-10-6-5-7-11-14/h5-8,10-11H,12H2,1-4H3. The van der Waals surface area contributed by atoms with Crippen LogP contribution in [0, 0.1) is 5.41 Å². The first-order valence-electron chi connectivity index (χ1n) is 5.46. The van der Waals surface area contributed by atoms with Gasteiger partial charge in [0.25, 0.3) is 0 Å². The second kappa shape index (κ2) is 5.00. The Hall–Kier alpha value is -1.26. The highest BCUT2D eigenvalue weighted by Crippen LogP contribution is 2.19. The zero-order valence-corrected chi connectivity index (χ0v) is 10.2. The van der Waals surface area contributed by atoms with E-state index in [0.29, 0.717) is 5.41 Å². The Kier molecular flexibility index (Phi) is 3.94. The summed E-state index contributed by atoms with van der Waals surface area (Å²) < 4.78 is 0. The summed E-state index contributed by atoms with van der Waals surface area (Å²) in [7, 11) is 0. The van der Waals surface area contributed by atoms with Gasteiger partial charge in [0.05, 0.1) is 0 Å². The van der Waals surface area contributed by atoms with Crippen LogP contribution in [0.2, 0.25) is 0 Å². The first-order valence-corrected chi connectivity index (χ1v) is 5.46. The molecular weight excluding hydrogens is 180 g/mol. The van der Waals surface area contributed by atoms with Gasteiger partial charge in [0.2, 0.25) is 0 Å². The molecule has 0 atom stereocenters. The second-order valence-corrected chi connectivity index (χ2v) is 5.10. The molecule has 1 aromatic rings. The molecule has 0 aliphatic heterocycles. The number of hydrogen-bond acceptors (Lipinski definition) is 0. The Labute approximate surface area is 93.3 Å². The summed E-state index contributed by atoms with van der Waals surface area (Å²) >= 11 is 0. The maximum Gasteiger partial charge on any atom is -0.00224 e. The van der Waals surface area contributed by atoms with Gasteiger partial charge in [0.15, 0.2) is 0 Å². The van der Waals surface area contributed by atoms with Crippen LogP contribution < -0.4 is 0 Å². The third-order valence-corrected chi connectivity index (χ3v) is 2.24. The van der Waals surface area contributed by atoms with Gasteiger partial charge in [-0.25, -0.2) is 0 Å². The lowest BCUT2D eigenvalue weighted by atomic mass is 9.92. The molecule has 0 saturated carbocycles. The first-order chi connectivity index (χ1) is 6.99. The van der Waals surface area contributed by atoms with Crippen LogP contribution in [0.25, 0.3) is 5.57 Å². The van der Waals surface area contributed by atoms with E-state index in [4.69, 9.17) is 0 Å². The van der Waals surface area contributed by atoms with Crippen LogP contribution in [0.5, 0.6) is 0 Å². The summed E-state index contributed by atoms with van der Waals surface area (Å²) in [6, 6.07) is 10.4. The van der Waals surface area contributed by atoms with Crippen LogP contribution in [-0.4, -0.2) is 0 Å². The normalized spacial score (nSPS) is 10.7. The van der Waals surface area contributed by atoms with E-state index < -0.39 is 0 Å². The molecule has 0 saturated heterocycles. The van der Waals surface area contributed by atoms with E-state index in [-0.39, 0.29) is 0 Å². The second-order valence-electron chi connectivity index (χ2n) is 5.10. The smallest absolute Gasteiger partial charge is 0.00224 e. The van der Waals surface area contributed by atoms with Gasteiger partial charge in [-0.2, -0.15) is 0 Å². The molecule has 0 N–H and O–H groups in total. The van der Waals surface area contributed by atoms with Crippen LogP contribution in [0.4, 0.5) is 0 Å². The van der Waals surface area contributed by atoms with Gasteiger partial charge >= 0.3 is 0 Å². The minimum atomic E-state index is 0.351. The molecule has 0 amide bonds. The molecule has 0 nitrogen and oxygen atoms in total. The monoisotopic (exact) mass is 200 g/mol. The Morgan fingerprint density at radius 1 is 1.20 bits per heavy atom. The highest BCUT2D eigenvalue weighted by molar-refractivity contribution is 5.62. The molecule has 0 heterocycles. The fraction of sp³-hybridized carbons (Fsp3) is 0.400. The van der Waals surface area contributed by atoms with Crippen LogP contribution >= 0.6 is 0 Å². The lowest BCUT2D eigenvalue weighted by Gasteiger charge is -2.13. The lowest BCUT2D eigenvalue weighted by molar-refractivity contribution is 0.421. The lowest BCUT2D eigenvalue weighted by Crippen LogP contribution is -2.01. The molecule has 1 rings (SSSR count). The molecule has 1 aromatic carbocycles. The van der Waals surface area contributed by atoms with Gasteiger partial charge in [0, 0.05) is 0 Å². The van der Waals surface area contributed by atoms with E-state index >= 15 is 0 Å². The van der Waals surface area contributed by atoms with Crippen molar-refractivity contribution in [2.24, 2.45) is 5.41 Å². The molecule has 0 radical (unpaired) electrons. The van der Waals surface area contributed by atoms with Crippen molar-refractivity contribution in [1.82, 2.24) is 0 Å². The third-order valence-electron chi connectivity index (χ3n) is 2.24. The quantitative estimate of drug-likeness (QED) is 0.608. The van der Waals surface area contributed by atoms with Crippen molar-refractivity contribution in [2.75, 3.05) is 0 Å². The molecule has 0 aliphatic rings. The molecule has 0 fully saturated rings. The van der Waals surface area contributed by atoms with Crippen LogP contribution in [-0.2, 0) is 0 Å². The Morgan fingerprint density at radius 2 is 1.80 bits per heavy atom. The zero-order valence-electron chi connectivity index (χ0n) is 10.2. The van der Waals surface area contributed by atoms with Crippen LogP contribution in [0.15, 0.2) is 42.1 Å². The number of hydrogen-bond donors (Lipinski definition) is 0. The molecule has 0 spiro atoms. The Bertz CT molecular complexity index is 357.